The molecular formula is C16H18FN3O4S2. The maximum atomic E-state index is 12.8. The Labute approximate surface area is 154 Å². The number of sulfone groups is 1. The number of hydrogen-bond donors (Lipinski definition) is 2. The van der Waals surface area contributed by atoms with E-state index in [1.54, 1.807) is 5.38 Å². The van der Waals surface area contributed by atoms with Crippen LogP contribution in [0.2, 0.25) is 0 Å². The fraction of sp³-hybridized carbons (Fsp3) is 0.312. The van der Waals surface area contributed by atoms with E-state index in [9.17, 15) is 22.4 Å². The molecule has 0 aliphatic heterocycles. The quantitative estimate of drug-likeness (QED) is 0.744. The van der Waals surface area contributed by atoms with Crippen LogP contribution in [0.4, 0.5) is 15.2 Å². The lowest BCUT2D eigenvalue weighted by Crippen LogP contribution is -2.30. The molecule has 1 aromatic heterocycles. The van der Waals surface area contributed by atoms with Gasteiger partial charge < -0.3 is 10.6 Å². The molecule has 7 nitrogen and oxygen atoms in total. The van der Waals surface area contributed by atoms with Crippen LogP contribution in [0.5, 0.6) is 0 Å². The second kappa shape index (κ2) is 8.37. The van der Waals surface area contributed by atoms with Gasteiger partial charge in [0.2, 0.25) is 11.8 Å². The van der Waals surface area contributed by atoms with E-state index < -0.39 is 39.0 Å². The molecule has 0 saturated carbocycles. The zero-order chi connectivity index (χ0) is 19.3. The van der Waals surface area contributed by atoms with Gasteiger partial charge in [0.25, 0.3) is 0 Å². The van der Waals surface area contributed by atoms with Crippen LogP contribution in [-0.4, -0.2) is 36.7 Å². The summed E-state index contributed by atoms with van der Waals surface area (Å²) in [7, 11) is -3.96. The van der Waals surface area contributed by atoms with Crippen molar-refractivity contribution in [3.05, 3.63) is 41.2 Å². The summed E-state index contributed by atoms with van der Waals surface area (Å²) < 4.78 is 36.8. The third-order valence-electron chi connectivity index (χ3n) is 3.19. The van der Waals surface area contributed by atoms with Crippen molar-refractivity contribution in [1.29, 1.82) is 0 Å². The van der Waals surface area contributed by atoms with Gasteiger partial charge in [-0.15, -0.1) is 11.3 Å². The van der Waals surface area contributed by atoms with Gasteiger partial charge in [0, 0.05) is 11.1 Å². The van der Waals surface area contributed by atoms with Gasteiger partial charge in [-0.1, -0.05) is 13.8 Å². The number of benzene rings is 1. The molecule has 2 aromatic rings. The highest BCUT2D eigenvalue weighted by atomic mass is 32.2. The first-order valence-corrected chi connectivity index (χ1v) is 10.4. The summed E-state index contributed by atoms with van der Waals surface area (Å²) in [4.78, 5) is 27.9. The molecule has 0 fully saturated rings. The van der Waals surface area contributed by atoms with Crippen LogP contribution in [0.15, 0.2) is 29.6 Å². The molecule has 0 saturated heterocycles. The molecule has 2 amide bonds. The Morgan fingerprint density at radius 2 is 1.69 bits per heavy atom. The van der Waals surface area contributed by atoms with Crippen molar-refractivity contribution < 1.29 is 22.4 Å². The lowest BCUT2D eigenvalue weighted by Gasteiger charge is -2.06. The highest BCUT2D eigenvalue weighted by Gasteiger charge is 2.22. The summed E-state index contributed by atoms with van der Waals surface area (Å²) in [5, 5.41) is 6.85. The number of thiazole rings is 1. The van der Waals surface area contributed by atoms with Crippen molar-refractivity contribution in [2.45, 2.75) is 19.8 Å². The minimum absolute atomic E-state index is 0.191. The first-order chi connectivity index (χ1) is 12.1. The summed E-state index contributed by atoms with van der Waals surface area (Å²) in [5.74, 6) is -3.54. The van der Waals surface area contributed by atoms with Gasteiger partial charge in [-0.3, -0.25) is 9.59 Å². The summed E-state index contributed by atoms with van der Waals surface area (Å²) in [6, 6.07) is 4.89. The minimum Gasteiger partial charge on any atom is -0.325 e. The van der Waals surface area contributed by atoms with Crippen molar-refractivity contribution in [3.8, 4) is 0 Å². The van der Waals surface area contributed by atoms with E-state index in [-0.39, 0.29) is 11.6 Å². The van der Waals surface area contributed by atoms with Crippen LogP contribution in [0.25, 0.3) is 0 Å². The molecule has 26 heavy (non-hydrogen) atoms. The van der Waals surface area contributed by atoms with E-state index >= 15 is 0 Å². The van der Waals surface area contributed by atoms with Gasteiger partial charge in [0.15, 0.2) is 15.0 Å². The number of nitrogens with one attached hydrogen (secondary N) is 2. The Kier molecular flexibility index (Phi) is 6.43. The molecule has 0 bridgehead atoms. The lowest BCUT2D eigenvalue weighted by atomic mass is 10.2. The third kappa shape index (κ3) is 6.19. The first-order valence-electron chi connectivity index (χ1n) is 7.66. The van der Waals surface area contributed by atoms with Crippen molar-refractivity contribution in [3.63, 3.8) is 0 Å². The van der Waals surface area contributed by atoms with Gasteiger partial charge in [0.05, 0.1) is 5.69 Å². The number of hydrogen-bond acceptors (Lipinski definition) is 6. The molecule has 140 valence electrons. The number of carbonyl (C=O) groups excluding carboxylic acids is 2. The molecule has 0 aliphatic carbocycles. The number of halogens is 1. The Morgan fingerprint density at radius 1 is 1.12 bits per heavy atom. The fourth-order valence-electron chi connectivity index (χ4n) is 1.94. The lowest BCUT2D eigenvalue weighted by molar-refractivity contribution is -0.114. The van der Waals surface area contributed by atoms with Crippen molar-refractivity contribution in [1.82, 2.24) is 4.98 Å². The van der Waals surface area contributed by atoms with Crippen LogP contribution >= 0.6 is 11.3 Å². The van der Waals surface area contributed by atoms with Crippen LogP contribution in [0.3, 0.4) is 0 Å². The maximum Gasteiger partial charge on any atom is 0.241 e. The monoisotopic (exact) mass is 399 g/mol. The average molecular weight is 399 g/mol. The minimum atomic E-state index is -3.96. The molecule has 10 heteroatoms. The highest BCUT2D eigenvalue weighted by molar-refractivity contribution is 7.92. The van der Waals surface area contributed by atoms with Gasteiger partial charge in [-0.25, -0.2) is 17.8 Å². The van der Waals surface area contributed by atoms with E-state index in [0.29, 0.717) is 5.13 Å². The zero-order valence-electron chi connectivity index (χ0n) is 14.2. The number of anilines is 2. The summed E-state index contributed by atoms with van der Waals surface area (Å²) in [6.07, 6.45) is 0. The number of aromatic nitrogens is 1. The second-order valence-electron chi connectivity index (χ2n) is 5.87. The summed E-state index contributed by atoms with van der Waals surface area (Å²) >= 11 is 1.20. The largest absolute Gasteiger partial charge is 0.325 e. The van der Waals surface area contributed by atoms with Crippen molar-refractivity contribution >= 4 is 43.8 Å². The van der Waals surface area contributed by atoms with E-state index in [1.165, 1.54) is 23.5 Å². The van der Waals surface area contributed by atoms with E-state index in [4.69, 9.17) is 0 Å². The third-order valence-corrected chi connectivity index (χ3v) is 5.37. The molecule has 1 heterocycles. The van der Waals surface area contributed by atoms with E-state index in [1.807, 2.05) is 13.8 Å². The average Bonchev–Trinajstić information content (AvgIpc) is 2.96. The molecule has 0 spiro atoms. The topological polar surface area (TPSA) is 105 Å². The Bertz CT molecular complexity index is 892. The molecule has 0 radical (unpaired) electrons. The Morgan fingerprint density at radius 3 is 2.23 bits per heavy atom. The molecule has 0 atom stereocenters. The number of amides is 2. The number of rotatable bonds is 7. The molecule has 2 N–H and O–H groups in total. The van der Waals surface area contributed by atoms with Gasteiger partial charge in [-0.05, 0) is 30.2 Å². The van der Waals surface area contributed by atoms with E-state index in [2.05, 4.69) is 15.6 Å². The summed E-state index contributed by atoms with van der Waals surface area (Å²) in [5.41, 5.74) is 1.06. The van der Waals surface area contributed by atoms with Gasteiger partial charge >= 0.3 is 0 Å². The predicted octanol–water partition coefficient (Wildman–Crippen LogP) is 2.40. The Balaban J connectivity index is 1.89. The first kappa shape index (κ1) is 20.0. The number of carbonyl (C=O) groups is 2. The van der Waals surface area contributed by atoms with Crippen LogP contribution in [-0.2, 0) is 19.4 Å². The molecule has 0 aliphatic rings. The predicted molar refractivity (Wildman–Crippen MR) is 98.5 cm³/mol. The zero-order valence-corrected chi connectivity index (χ0v) is 15.8. The molecule has 0 unspecified atom stereocenters. The normalized spacial score (nSPS) is 11.4. The van der Waals surface area contributed by atoms with Crippen LogP contribution in [0.1, 0.15) is 25.5 Å². The Hall–Kier alpha value is -2.33. The summed E-state index contributed by atoms with van der Waals surface area (Å²) in [6.45, 7) is 3.90. The highest BCUT2D eigenvalue weighted by Crippen LogP contribution is 2.21. The van der Waals surface area contributed by atoms with Gasteiger partial charge in [0.1, 0.15) is 17.3 Å². The van der Waals surface area contributed by atoms with Crippen LogP contribution in [0, 0.1) is 5.82 Å². The van der Waals surface area contributed by atoms with E-state index in [0.717, 1.165) is 17.8 Å². The second-order valence-corrected chi connectivity index (χ2v) is 8.79. The molecule has 1 aromatic carbocycles. The SMILES string of the molecule is CC(C)c1csc(NC(=O)CS(=O)(=O)CC(=O)Nc2ccc(F)cc2)n1. The van der Waals surface area contributed by atoms with Crippen molar-refractivity contribution in [2.75, 3.05) is 22.1 Å². The van der Waals surface area contributed by atoms with Crippen molar-refractivity contribution in [2.24, 2.45) is 0 Å². The smallest absolute Gasteiger partial charge is 0.241 e. The standard InChI is InChI=1S/C16H18FN3O4S2/c1-10(2)13-7-25-16(19-13)20-15(22)9-26(23,24)8-14(21)18-12-5-3-11(17)4-6-12/h3-7,10H,8-9H2,1-2H3,(H,18,21)(H,19,20,22). The maximum absolute atomic E-state index is 12.8. The fourth-order valence-corrected chi connectivity index (χ4v) is 3.88. The molecule has 2 rings (SSSR count). The van der Waals surface area contributed by atoms with Gasteiger partial charge in [-0.2, -0.15) is 0 Å². The number of nitrogens with zero attached hydrogens (tertiary/aromatic N) is 1. The van der Waals surface area contributed by atoms with Crippen LogP contribution < -0.4 is 10.6 Å². The molecular weight excluding hydrogens is 381 g/mol.